The summed E-state index contributed by atoms with van der Waals surface area (Å²) in [5, 5.41) is 1.24. The maximum atomic E-state index is 12.5. The summed E-state index contributed by atoms with van der Waals surface area (Å²) < 4.78 is 0. The van der Waals surface area contributed by atoms with Crippen LogP contribution in [0.4, 0.5) is 0 Å². The van der Waals surface area contributed by atoms with Crippen molar-refractivity contribution >= 4 is 29.0 Å². The van der Waals surface area contributed by atoms with Crippen molar-refractivity contribution in [2.75, 3.05) is 0 Å². The average Bonchev–Trinajstić information content (AvgIpc) is 2.83. The number of Topliss-reactive ketones (excluding diaryl/α,β-unsaturated/α-hetero) is 1. The standard InChI is InChI=1S/C16H16Cl2O/c17-11-2-1-3-12(18)10(11)7-13(19)16-14-8-4-5-9(6-8)15(14)16/h1-3,8-9,14-16H,4-7H2. The molecule has 19 heavy (non-hydrogen) atoms. The highest BCUT2D eigenvalue weighted by atomic mass is 35.5. The van der Waals surface area contributed by atoms with Crippen LogP contribution in [0.3, 0.4) is 0 Å². The highest BCUT2D eigenvalue weighted by Crippen LogP contribution is 2.69. The van der Waals surface area contributed by atoms with Crippen LogP contribution in [0, 0.1) is 29.6 Å². The molecule has 4 atom stereocenters. The minimum Gasteiger partial charge on any atom is -0.299 e. The number of hydrogen-bond acceptors (Lipinski definition) is 1. The van der Waals surface area contributed by atoms with Gasteiger partial charge in [0.25, 0.3) is 0 Å². The zero-order chi connectivity index (χ0) is 13.1. The topological polar surface area (TPSA) is 17.1 Å². The first kappa shape index (κ1) is 12.2. The molecule has 1 nitrogen and oxygen atoms in total. The second kappa shape index (κ2) is 4.23. The Morgan fingerprint density at radius 3 is 2.26 bits per heavy atom. The van der Waals surface area contributed by atoms with Crippen molar-refractivity contribution in [2.24, 2.45) is 29.6 Å². The number of carbonyl (C=O) groups excluding carboxylic acids is 1. The Hall–Kier alpha value is -0.530. The van der Waals surface area contributed by atoms with Crippen molar-refractivity contribution in [2.45, 2.75) is 25.7 Å². The highest BCUT2D eigenvalue weighted by Gasteiger charge is 2.66. The van der Waals surface area contributed by atoms with Gasteiger partial charge in [-0.1, -0.05) is 29.3 Å². The SMILES string of the molecule is O=C(Cc1c(Cl)cccc1Cl)C1C2C3CCC(C3)C12. The van der Waals surface area contributed by atoms with Gasteiger partial charge in [0.1, 0.15) is 5.78 Å². The van der Waals surface area contributed by atoms with E-state index < -0.39 is 0 Å². The summed E-state index contributed by atoms with van der Waals surface area (Å²) in [5.74, 6) is 3.76. The number of hydrogen-bond donors (Lipinski definition) is 0. The number of fused-ring (bicyclic) bond motifs is 5. The van der Waals surface area contributed by atoms with Crippen LogP contribution in [0.5, 0.6) is 0 Å². The van der Waals surface area contributed by atoms with Crippen molar-refractivity contribution < 1.29 is 4.79 Å². The van der Waals surface area contributed by atoms with Crippen LogP contribution in [-0.2, 0) is 11.2 Å². The summed E-state index contributed by atoms with van der Waals surface area (Å²) >= 11 is 12.3. The predicted octanol–water partition coefficient (Wildman–Crippen LogP) is 4.40. The molecule has 4 unspecified atom stereocenters. The Kier molecular flexibility index (Phi) is 2.72. The van der Waals surface area contributed by atoms with E-state index in [0.717, 1.165) is 17.4 Å². The number of ketones is 1. The summed E-state index contributed by atoms with van der Waals surface area (Å²) in [6.45, 7) is 0. The van der Waals surface area contributed by atoms with Gasteiger partial charge in [0.15, 0.2) is 0 Å². The Balaban J connectivity index is 1.52. The molecule has 100 valence electrons. The molecule has 4 rings (SSSR count). The maximum absolute atomic E-state index is 12.5. The monoisotopic (exact) mass is 294 g/mol. The van der Waals surface area contributed by atoms with Gasteiger partial charge in [-0.15, -0.1) is 0 Å². The average molecular weight is 295 g/mol. The van der Waals surface area contributed by atoms with E-state index in [1.54, 1.807) is 0 Å². The van der Waals surface area contributed by atoms with Crippen LogP contribution in [0.15, 0.2) is 18.2 Å². The van der Waals surface area contributed by atoms with Crippen molar-refractivity contribution in [1.29, 1.82) is 0 Å². The fourth-order valence-corrected chi connectivity index (χ4v) is 5.28. The highest BCUT2D eigenvalue weighted by molar-refractivity contribution is 6.36. The van der Waals surface area contributed by atoms with Crippen LogP contribution < -0.4 is 0 Å². The lowest BCUT2D eigenvalue weighted by Gasteiger charge is -2.09. The second-order valence-corrected chi connectivity index (χ2v) is 7.17. The molecule has 0 heterocycles. The Labute approximate surface area is 123 Å². The summed E-state index contributed by atoms with van der Waals surface area (Å²) in [6, 6.07) is 5.45. The largest absolute Gasteiger partial charge is 0.299 e. The van der Waals surface area contributed by atoms with Gasteiger partial charge in [-0.25, -0.2) is 0 Å². The van der Waals surface area contributed by atoms with Gasteiger partial charge in [-0.2, -0.15) is 0 Å². The maximum Gasteiger partial charge on any atom is 0.141 e. The Morgan fingerprint density at radius 1 is 1.11 bits per heavy atom. The van der Waals surface area contributed by atoms with E-state index in [1.165, 1.54) is 19.3 Å². The molecular formula is C16H16Cl2O. The van der Waals surface area contributed by atoms with Crippen molar-refractivity contribution in [3.8, 4) is 0 Å². The number of rotatable bonds is 3. The molecule has 1 aromatic carbocycles. The van der Waals surface area contributed by atoms with Crippen LogP contribution in [0.25, 0.3) is 0 Å². The molecule has 0 amide bonds. The van der Waals surface area contributed by atoms with Gasteiger partial charge >= 0.3 is 0 Å². The smallest absolute Gasteiger partial charge is 0.141 e. The van der Waals surface area contributed by atoms with Crippen LogP contribution >= 0.6 is 23.2 Å². The van der Waals surface area contributed by atoms with E-state index in [2.05, 4.69) is 0 Å². The molecule has 1 aromatic rings. The Morgan fingerprint density at radius 2 is 1.68 bits per heavy atom. The van der Waals surface area contributed by atoms with Gasteiger partial charge < -0.3 is 0 Å². The van der Waals surface area contributed by atoms with Crippen LogP contribution in [-0.4, -0.2) is 5.78 Å². The molecule has 3 fully saturated rings. The molecule has 3 aliphatic rings. The molecule has 3 saturated carbocycles. The molecule has 3 heteroatoms. The predicted molar refractivity (Wildman–Crippen MR) is 76.5 cm³/mol. The molecular weight excluding hydrogens is 279 g/mol. The third-order valence-corrected chi connectivity index (χ3v) is 6.23. The molecule has 0 N–H and O–H groups in total. The van der Waals surface area contributed by atoms with E-state index in [4.69, 9.17) is 23.2 Å². The molecule has 0 spiro atoms. The lowest BCUT2D eigenvalue weighted by molar-refractivity contribution is -0.120. The summed E-state index contributed by atoms with van der Waals surface area (Å²) in [7, 11) is 0. The molecule has 0 aromatic heterocycles. The van der Waals surface area contributed by atoms with Gasteiger partial charge in [-0.05, 0) is 60.6 Å². The number of benzene rings is 1. The van der Waals surface area contributed by atoms with Gasteiger partial charge in [0, 0.05) is 22.4 Å². The fraction of sp³-hybridized carbons (Fsp3) is 0.562. The number of halogens is 2. The molecule has 3 aliphatic carbocycles. The minimum absolute atomic E-state index is 0.318. The normalized spacial score (nSPS) is 38.3. The van der Waals surface area contributed by atoms with E-state index in [1.807, 2.05) is 18.2 Å². The third kappa shape index (κ3) is 1.78. The van der Waals surface area contributed by atoms with E-state index in [0.29, 0.717) is 40.0 Å². The lowest BCUT2D eigenvalue weighted by atomic mass is 9.96. The summed E-state index contributed by atoms with van der Waals surface area (Å²) in [4.78, 5) is 12.5. The second-order valence-electron chi connectivity index (χ2n) is 6.36. The fourth-order valence-electron chi connectivity index (χ4n) is 4.75. The van der Waals surface area contributed by atoms with Gasteiger partial charge in [-0.3, -0.25) is 4.79 Å². The van der Waals surface area contributed by atoms with E-state index in [-0.39, 0.29) is 0 Å². The van der Waals surface area contributed by atoms with Gasteiger partial charge in [0.2, 0.25) is 0 Å². The summed E-state index contributed by atoms with van der Waals surface area (Å²) in [6.07, 6.45) is 4.49. The van der Waals surface area contributed by atoms with Crippen LogP contribution in [0.2, 0.25) is 10.0 Å². The Bertz CT molecular complexity index is 517. The van der Waals surface area contributed by atoms with E-state index in [9.17, 15) is 4.79 Å². The molecule has 0 radical (unpaired) electrons. The summed E-state index contributed by atoms with van der Waals surface area (Å²) in [5.41, 5.74) is 0.813. The van der Waals surface area contributed by atoms with Crippen LogP contribution in [0.1, 0.15) is 24.8 Å². The first-order valence-electron chi connectivity index (χ1n) is 7.12. The molecule has 0 aliphatic heterocycles. The first-order valence-corrected chi connectivity index (χ1v) is 7.88. The molecule has 2 bridgehead atoms. The van der Waals surface area contributed by atoms with Crippen molar-refractivity contribution in [1.82, 2.24) is 0 Å². The third-order valence-electron chi connectivity index (χ3n) is 5.52. The minimum atomic E-state index is 0.318. The van der Waals surface area contributed by atoms with Crippen molar-refractivity contribution in [3.63, 3.8) is 0 Å². The first-order chi connectivity index (χ1) is 9.16. The quantitative estimate of drug-likeness (QED) is 0.808. The van der Waals surface area contributed by atoms with Gasteiger partial charge in [0.05, 0.1) is 0 Å². The zero-order valence-electron chi connectivity index (χ0n) is 10.6. The number of carbonyl (C=O) groups is 1. The zero-order valence-corrected chi connectivity index (χ0v) is 12.1. The lowest BCUT2D eigenvalue weighted by Crippen LogP contribution is -2.12. The van der Waals surface area contributed by atoms with Crippen molar-refractivity contribution in [3.05, 3.63) is 33.8 Å². The molecule has 0 saturated heterocycles. The van der Waals surface area contributed by atoms with E-state index >= 15 is 0 Å².